The molecule has 4 aromatic carbocycles. The van der Waals surface area contributed by atoms with Gasteiger partial charge in [0.15, 0.2) is 23.1 Å². The topological polar surface area (TPSA) is 130 Å². The van der Waals surface area contributed by atoms with Gasteiger partial charge in [0.25, 0.3) is 0 Å². The van der Waals surface area contributed by atoms with Crippen molar-refractivity contribution in [1.82, 2.24) is 29.9 Å². The van der Waals surface area contributed by atoms with Crippen LogP contribution in [-0.4, -0.2) is 43.0 Å². The van der Waals surface area contributed by atoms with Gasteiger partial charge in [-0.1, -0.05) is 118 Å². The predicted octanol–water partition coefficient (Wildman–Crippen LogP) is 11.4. The molecule has 7 aromatic rings. The van der Waals surface area contributed by atoms with E-state index in [1.54, 1.807) is 32.2 Å². The Morgan fingerprint density at radius 2 is 1.23 bits per heavy atom. The maximum absolute atomic E-state index is 14.1. The van der Waals surface area contributed by atoms with Gasteiger partial charge in [0.2, 0.25) is 0 Å². The maximum Gasteiger partial charge on any atom is 0.166 e. The molecule has 0 saturated carbocycles. The Balaban J connectivity index is 0.000000232. The van der Waals surface area contributed by atoms with Crippen LogP contribution in [0.15, 0.2) is 116 Å². The molecule has 1 aliphatic rings. The summed E-state index contributed by atoms with van der Waals surface area (Å²) in [6, 6.07) is 30.0. The number of pyridine rings is 2. The minimum atomic E-state index is -0.677. The van der Waals surface area contributed by atoms with Gasteiger partial charge in [-0.3, -0.25) is 4.90 Å². The van der Waals surface area contributed by atoms with Crippen LogP contribution in [0.1, 0.15) is 66.0 Å². The van der Waals surface area contributed by atoms with Gasteiger partial charge >= 0.3 is 0 Å². The van der Waals surface area contributed by atoms with Gasteiger partial charge in [0, 0.05) is 63.8 Å². The van der Waals surface area contributed by atoms with Gasteiger partial charge in [-0.25, -0.2) is 23.4 Å². The standard InChI is InChI=1S/C31H27Cl2FN6O.C15H11Cl2FN2O/c1-19(28-24(32)12-13-25(34)29(28)33)41-27-14-22(15-36-31(27)35)26-18-40(38-37-26)23-16-39(17-23)30(20-8-4-2-5-9-20)21-10-6-3-7-11-21;1-3-9-6-12(15(19)20-7-9)21-8(2)13-10(16)4-5-11(18)14(13)17/h2-15,18-19,23,30H,16-17H2,1H3,(H2,35,36);1,4-8H,2H3,(H2,19,20). The van der Waals surface area contributed by atoms with Crippen molar-refractivity contribution in [2.75, 3.05) is 24.6 Å². The highest BCUT2D eigenvalue weighted by Crippen LogP contribution is 2.39. The first-order chi connectivity index (χ1) is 29.8. The molecule has 16 heteroatoms. The fourth-order valence-electron chi connectivity index (χ4n) is 6.99. The van der Waals surface area contributed by atoms with Gasteiger partial charge < -0.3 is 20.9 Å². The molecule has 2 atom stereocenters. The average molecular weight is 915 g/mol. The quantitative estimate of drug-likeness (QED) is 0.0962. The third-order valence-electron chi connectivity index (χ3n) is 10.2. The van der Waals surface area contributed by atoms with E-state index in [4.69, 9.17) is 73.8 Å². The Morgan fingerprint density at radius 3 is 1.74 bits per heavy atom. The van der Waals surface area contributed by atoms with E-state index in [-0.39, 0.29) is 39.5 Å². The van der Waals surface area contributed by atoms with E-state index in [0.717, 1.165) is 13.1 Å². The van der Waals surface area contributed by atoms with E-state index in [9.17, 15) is 8.78 Å². The molecule has 1 saturated heterocycles. The lowest BCUT2D eigenvalue weighted by molar-refractivity contribution is 0.0671. The van der Waals surface area contributed by atoms with Crippen LogP contribution < -0.4 is 20.9 Å². The summed E-state index contributed by atoms with van der Waals surface area (Å²) in [6.45, 7) is 5.06. The Hall–Kier alpha value is -5.94. The summed E-state index contributed by atoms with van der Waals surface area (Å²) in [4.78, 5) is 10.7. The van der Waals surface area contributed by atoms with Crippen molar-refractivity contribution in [3.8, 4) is 35.1 Å². The lowest BCUT2D eigenvalue weighted by Gasteiger charge is -2.44. The van der Waals surface area contributed by atoms with Gasteiger partial charge in [0.05, 0.1) is 28.3 Å². The van der Waals surface area contributed by atoms with Crippen LogP contribution in [-0.2, 0) is 0 Å². The first-order valence-corrected chi connectivity index (χ1v) is 20.7. The molecule has 316 valence electrons. The van der Waals surface area contributed by atoms with Crippen LogP contribution in [0, 0.1) is 24.0 Å². The molecule has 3 aromatic heterocycles. The number of hydrogen-bond acceptors (Lipinski definition) is 9. The summed E-state index contributed by atoms with van der Waals surface area (Å²) < 4.78 is 41.2. The number of hydrogen-bond donors (Lipinski definition) is 2. The van der Waals surface area contributed by atoms with Gasteiger partial charge in [0.1, 0.15) is 29.5 Å². The number of nitrogens with two attached hydrogens (primary N) is 2. The van der Waals surface area contributed by atoms with Crippen molar-refractivity contribution < 1.29 is 18.3 Å². The average Bonchev–Trinajstić information content (AvgIpc) is 3.74. The number of nitrogens with zero attached hydrogens (tertiary/aromatic N) is 6. The van der Waals surface area contributed by atoms with Crippen molar-refractivity contribution >= 4 is 58.0 Å². The number of nitrogen functional groups attached to an aromatic ring is 2. The molecular formula is C46H38Cl4F2N8O2. The molecule has 10 nitrogen and oxygen atoms in total. The number of terminal acetylenes is 1. The minimum Gasteiger partial charge on any atom is -0.482 e. The summed E-state index contributed by atoms with van der Waals surface area (Å²) >= 11 is 24.4. The minimum absolute atomic E-state index is 0.0883. The molecular weight excluding hydrogens is 876 g/mol. The second-order valence-electron chi connectivity index (χ2n) is 14.3. The summed E-state index contributed by atoms with van der Waals surface area (Å²) in [7, 11) is 0. The van der Waals surface area contributed by atoms with Crippen molar-refractivity contribution in [3.63, 3.8) is 0 Å². The van der Waals surface area contributed by atoms with E-state index >= 15 is 0 Å². The number of aromatic nitrogens is 5. The van der Waals surface area contributed by atoms with E-state index in [1.807, 2.05) is 23.0 Å². The van der Waals surface area contributed by atoms with Crippen molar-refractivity contribution in [1.29, 1.82) is 0 Å². The second kappa shape index (κ2) is 19.4. The van der Waals surface area contributed by atoms with Crippen LogP contribution in [0.2, 0.25) is 20.1 Å². The van der Waals surface area contributed by atoms with Crippen molar-refractivity contribution in [2.45, 2.75) is 38.1 Å². The summed E-state index contributed by atoms with van der Waals surface area (Å²) in [6.07, 6.45) is 8.98. The van der Waals surface area contributed by atoms with Crippen LogP contribution in [0.3, 0.4) is 0 Å². The lowest BCUT2D eigenvalue weighted by atomic mass is 9.93. The second-order valence-corrected chi connectivity index (χ2v) is 15.9. The van der Waals surface area contributed by atoms with Gasteiger partial charge in [-0.2, -0.15) is 0 Å². The van der Waals surface area contributed by atoms with Crippen molar-refractivity contribution in [3.05, 3.63) is 175 Å². The third-order valence-corrected chi connectivity index (χ3v) is 11.6. The monoisotopic (exact) mass is 912 g/mol. The number of rotatable bonds is 11. The molecule has 2 unspecified atom stereocenters. The van der Waals surface area contributed by atoms with Crippen LogP contribution >= 0.6 is 46.4 Å². The van der Waals surface area contributed by atoms with Crippen LogP contribution in [0.5, 0.6) is 11.5 Å². The zero-order chi connectivity index (χ0) is 44.1. The molecule has 0 spiro atoms. The molecule has 1 aliphatic heterocycles. The summed E-state index contributed by atoms with van der Waals surface area (Å²) in [5.74, 6) is 2.22. The van der Waals surface area contributed by atoms with Gasteiger partial charge in [-0.15, -0.1) is 11.5 Å². The fraction of sp³-hybridized carbons (Fsp3) is 0.174. The maximum atomic E-state index is 14.1. The largest absolute Gasteiger partial charge is 0.482 e. The van der Waals surface area contributed by atoms with E-state index in [2.05, 4.69) is 79.6 Å². The molecule has 0 radical (unpaired) electrons. The number of benzene rings is 4. The summed E-state index contributed by atoms with van der Waals surface area (Å²) in [5.41, 5.74) is 16.9. The third kappa shape index (κ3) is 9.73. The SMILES string of the molecule is C#Cc1cnc(N)c(OC(C)c2c(Cl)ccc(F)c2Cl)c1.CC(Oc1cc(-c2cn(C3CN(C(c4ccccc4)c4ccccc4)C3)nn2)cnc1N)c1c(Cl)ccc(F)c1Cl. The number of likely N-dealkylation sites (tertiary alicyclic amines) is 1. The molecule has 8 rings (SSSR count). The summed E-state index contributed by atoms with van der Waals surface area (Å²) in [5, 5.41) is 9.22. The number of anilines is 2. The molecule has 1 fully saturated rings. The first kappa shape index (κ1) is 44.1. The van der Waals surface area contributed by atoms with E-state index in [1.165, 1.54) is 41.6 Å². The Labute approximate surface area is 377 Å². The van der Waals surface area contributed by atoms with E-state index < -0.39 is 23.8 Å². The van der Waals surface area contributed by atoms with E-state index in [0.29, 0.717) is 43.7 Å². The van der Waals surface area contributed by atoms with Crippen LogP contribution in [0.4, 0.5) is 20.4 Å². The van der Waals surface area contributed by atoms with Crippen molar-refractivity contribution in [2.24, 2.45) is 0 Å². The van der Waals surface area contributed by atoms with Crippen LogP contribution in [0.25, 0.3) is 11.3 Å². The number of ether oxygens (including phenoxy) is 2. The fourth-order valence-corrected chi connectivity index (χ4v) is 8.34. The Morgan fingerprint density at radius 1 is 0.726 bits per heavy atom. The highest BCUT2D eigenvalue weighted by atomic mass is 35.5. The zero-order valence-electron chi connectivity index (χ0n) is 33.2. The zero-order valence-corrected chi connectivity index (χ0v) is 36.2. The molecule has 0 aliphatic carbocycles. The highest BCUT2D eigenvalue weighted by Gasteiger charge is 2.36. The molecule has 0 bridgehead atoms. The Bertz CT molecular complexity index is 2690. The molecule has 4 heterocycles. The molecule has 0 amide bonds. The smallest absolute Gasteiger partial charge is 0.166 e. The normalized spacial score (nSPS) is 13.7. The predicted molar refractivity (Wildman–Crippen MR) is 241 cm³/mol. The Kier molecular flexibility index (Phi) is 13.8. The highest BCUT2D eigenvalue weighted by molar-refractivity contribution is 6.36. The molecule has 4 N–H and O–H groups in total. The molecule has 62 heavy (non-hydrogen) atoms. The first-order valence-electron chi connectivity index (χ1n) is 19.2. The lowest BCUT2D eigenvalue weighted by Crippen LogP contribution is -2.49. The van der Waals surface area contributed by atoms with Gasteiger partial charge in [-0.05, 0) is 55.3 Å². The number of halogens is 6.